The topological polar surface area (TPSA) is 54.4 Å². The second-order valence-electron chi connectivity index (χ2n) is 5.27. The standard InChI is InChI=1S/C20H17N3OS/c24-19(23-21-13-7-10-16-8-3-1-4-9-16)14-18-15-25-20(22-18)17-11-5-2-6-12-17/h1-13,15H,14H2,(H,23,24)/b10-7+,21-13+. The summed E-state index contributed by atoms with van der Waals surface area (Å²) in [6, 6.07) is 19.8. The summed E-state index contributed by atoms with van der Waals surface area (Å²) >= 11 is 1.53. The summed E-state index contributed by atoms with van der Waals surface area (Å²) in [6.07, 6.45) is 5.47. The molecule has 5 heteroatoms. The molecule has 0 atom stereocenters. The average molecular weight is 347 g/mol. The zero-order valence-corrected chi connectivity index (χ0v) is 14.3. The Bertz CT molecular complexity index is 870. The molecule has 4 nitrogen and oxygen atoms in total. The highest BCUT2D eigenvalue weighted by Crippen LogP contribution is 2.23. The molecule has 0 bridgehead atoms. The third-order valence-corrected chi connectivity index (χ3v) is 4.29. The summed E-state index contributed by atoms with van der Waals surface area (Å²) in [6.45, 7) is 0. The van der Waals surface area contributed by atoms with Crippen LogP contribution in [0.15, 0.2) is 77.2 Å². The van der Waals surface area contributed by atoms with Crippen molar-refractivity contribution in [2.75, 3.05) is 0 Å². The number of benzene rings is 2. The van der Waals surface area contributed by atoms with Crippen LogP contribution in [-0.4, -0.2) is 17.1 Å². The Balaban J connectivity index is 1.49. The molecule has 0 fully saturated rings. The summed E-state index contributed by atoms with van der Waals surface area (Å²) in [5.74, 6) is -0.186. The van der Waals surface area contributed by atoms with Crippen LogP contribution in [-0.2, 0) is 11.2 Å². The molecule has 3 aromatic rings. The van der Waals surface area contributed by atoms with Gasteiger partial charge < -0.3 is 0 Å². The molecule has 2 aromatic carbocycles. The first-order valence-electron chi connectivity index (χ1n) is 7.85. The molecule has 0 spiro atoms. The molecule has 25 heavy (non-hydrogen) atoms. The second-order valence-corrected chi connectivity index (χ2v) is 6.13. The molecule has 124 valence electrons. The number of rotatable bonds is 6. The summed E-state index contributed by atoms with van der Waals surface area (Å²) in [5.41, 5.74) is 5.40. The van der Waals surface area contributed by atoms with Gasteiger partial charge >= 0.3 is 0 Å². The number of hydrogen-bond donors (Lipinski definition) is 1. The fourth-order valence-corrected chi connectivity index (χ4v) is 3.00. The van der Waals surface area contributed by atoms with Crippen molar-refractivity contribution in [2.45, 2.75) is 6.42 Å². The van der Waals surface area contributed by atoms with Crippen LogP contribution in [0.3, 0.4) is 0 Å². The van der Waals surface area contributed by atoms with E-state index in [9.17, 15) is 4.79 Å². The van der Waals surface area contributed by atoms with E-state index >= 15 is 0 Å². The van der Waals surface area contributed by atoms with Crippen LogP contribution in [0, 0.1) is 0 Å². The first kappa shape index (κ1) is 16.8. The zero-order chi connectivity index (χ0) is 17.3. The Morgan fingerprint density at radius 3 is 2.56 bits per heavy atom. The van der Waals surface area contributed by atoms with Gasteiger partial charge in [0.1, 0.15) is 5.01 Å². The van der Waals surface area contributed by atoms with Crippen molar-refractivity contribution < 1.29 is 4.79 Å². The minimum atomic E-state index is -0.186. The lowest BCUT2D eigenvalue weighted by Crippen LogP contribution is -2.19. The summed E-state index contributed by atoms with van der Waals surface area (Å²) in [4.78, 5) is 16.4. The maximum absolute atomic E-state index is 11.9. The lowest BCUT2D eigenvalue weighted by atomic mass is 10.2. The minimum absolute atomic E-state index is 0.186. The van der Waals surface area contributed by atoms with E-state index in [4.69, 9.17) is 0 Å². The Morgan fingerprint density at radius 2 is 1.80 bits per heavy atom. The van der Waals surface area contributed by atoms with Crippen LogP contribution in [0.4, 0.5) is 0 Å². The highest BCUT2D eigenvalue weighted by atomic mass is 32.1. The van der Waals surface area contributed by atoms with Crippen LogP contribution < -0.4 is 5.43 Å². The van der Waals surface area contributed by atoms with Gasteiger partial charge in [-0.15, -0.1) is 11.3 Å². The largest absolute Gasteiger partial charge is 0.273 e. The molecular weight excluding hydrogens is 330 g/mol. The molecule has 0 unspecified atom stereocenters. The van der Waals surface area contributed by atoms with Gasteiger partial charge in [0.15, 0.2) is 0 Å². The van der Waals surface area contributed by atoms with Crippen LogP contribution in [0.25, 0.3) is 16.6 Å². The smallest absolute Gasteiger partial charge is 0.246 e. The molecule has 0 aliphatic carbocycles. The maximum Gasteiger partial charge on any atom is 0.246 e. The van der Waals surface area contributed by atoms with E-state index < -0.39 is 0 Å². The van der Waals surface area contributed by atoms with Crippen molar-refractivity contribution in [3.05, 3.63) is 83.4 Å². The van der Waals surface area contributed by atoms with Crippen LogP contribution in [0.1, 0.15) is 11.3 Å². The van der Waals surface area contributed by atoms with Crippen molar-refractivity contribution in [3.63, 3.8) is 0 Å². The number of nitrogens with zero attached hydrogens (tertiary/aromatic N) is 2. The molecule has 0 aliphatic rings. The summed E-state index contributed by atoms with van der Waals surface area (Å²) in [5, 5.41) is 6.73. The molecule has 0 radical (unpaired) electrons. The molecule has 1 heterocycles. The lowest BCUT2D eigenvalue weighted by molar-refractivity contribution is -0.120. The summed E-state index contributed by atoms with van der Waals surface area (Å²) < 4.78 is 0. The van der Waals surface area contributed by atoms with Gasteiger partial charge in [-0.2, -0.15) is 5.10 Å². The first-order chi connectivity index (χ1) is 12.3. The number of hydrazone groups is 1. The minimum Gasteiger partial charge on any atom is -0.273 e. The van der Waals surface area contributed by atoms with Crippen LogP contribution in [0.2, 0.25) is 0 Å². The van der Waals surface area contributed by atoms with Crippen molar-refractivity contribution in [1.29, 1.82) is 0 Å². The number of hydrogen-bond acceptors (Lipinski definition) is 4. The van der Waals surface area contributed by atoms with Gasteiger partial charge in [0, 0.05) is 17.2 Å². The number of allylic oxidation sites excluding steroid dienone is 1. The number of carbonyl (C=O) groups excluding carboxylic acids is 1. The van der Waals surface area contributed by atoms with E-state index in [0.29, 0.717) is 0 Å². The highest BCUT2D eigenvalue weighted by Gasteiger charge is 2.08. The van der Waals surface area contributed by atoms with E-state index in [2.05, 4.69) is 15.5 Å². The van der Waals surface area contributed by atoms with Crippen molar-refractivity contribution in [1.82, 2.24) is 10.4 Å². The third kappa shape index (κ3) is 5.22. The van der Waals surface area contributed by atoms with Gasteiger partial charge in [-0.05, 0) is 11.6 Å². The zero-order valence-electron chi connectivity index (χ0n) is 13.5. The van der Waals surface area contributed by atoms with Gasteiger partial charge in [0.05, 0.1) is 12.1 Å². The van der Waals surface area contributed by atoms with E-state index in [0.717, 1.165) is 21.8 Å². The Kier molecular flexibility index (Phi) is 5.85. The molecule has 0 saturated heterocycles. The van der Waals surface area contributed by atoms with E-state index in [-0.39, 0.29) is 12.3 Å². The van der Waals surface area contributed by atoms with Gasteiger partial charge in [-0.25, -0.2) is 10.4 Å². The lowest BCUT2D eigenvalue weighted by Gasteiger charge is -1.96. The maximum atomic E-state index is 11.9. The number of carbonyl (C=O) groups is 1. The van der Waals surface area contributed by atoms with Gasteiger partial charge in [-0.3, -0.25) is 4.79 Å². The highest BCUT2D eigenvalue weighted by molar-refractivity contribution is 7.13. The van der Waals surface area contributed by atoms with Gasteiger partial charge in [-0.1, -0.05) is 66.7 Å². The molecule has 1 aromatic heterocycles. The third-order valence-electron chi connectivity index (χ3n) is 3.35. The van der Waals surface area contributed by atoms with Crippen molar-refractivity contribution >= 4 is 29.5 Å². The predicted octanol–water partition coefficient (Wildman–Crippen LogP) is 4.17. The van der Waals surface area contributed by atoms with E-state index in [1.54, 1.807) is 12.3 Å². The first-order valence-corrected chi connectivity index (χ1v) is 8.73. The predicted molar refractivity (Wildman–Crippen MR) is 103 cm³/mol. The molecular formula is C20H17N3OS. The molecule has 0 saturated carbocycles. The number of aromatic nitrogens is 1. The number of thiazole rings is 1. The SMILES string of the molecule is O=C(Cc1csc(-c2ccccc2)n1)N/N=C/C=C/c1ccccc1. The van der Waals surface area contributed by atoms with E-state index in [1.165, 1.54) is 11.3 Å². The molecule has 0 aliphatic heterocycles. The number of amides is 1. The quantitative estimate of drug-likeness (QED) is 0.537. The second kappa shape index (κ2) is 8.70. The average Bonchev–Trinajstić information content (AvgIpc) is 3.11. The Labute approximate surface area is 150 Å². The van der Waals surface area contributed by atoms with Gasteiger partial charge in [0.25, 0.3) is 0 Å². The van der Waals surface area contributed by atoms with Crippen molar-refractivity contribution in [2.24, 2.45) is 5.10 Å². The number of nitrogens with one attached hydrogen (secondary N) is 1. The normalized spacial score (nSPS) is 11.2. The fourth-order valence-electron chi connectivity index (χ4n) is 2.18. The van der Waals surface area contributed by atoms with Gasteiger partial charge in [0.2, 0.25) is 5.91 Å². The Morgan fingerprint density at radius 1 is 1.08 bits per heavy atom. The fraction of sp³-hybridized carbons (Fsp3) is 0.0500. The Hall–Kier alpha value is -3.05. The van der Waals surface area contributed by atoms with E-state index in [1.807, 2.05) is 72.1 Å². The molecule has 1 amide bonds. The van der Waals surface area contributed by atoms with Crippen molar-refractivity contribution in [3.8, 4) is 10.6 Å². The monoisotopic (exact) mass is 347 g/mol. The molecule has 1 N–H and O–H groups in total. The van der Waals surface area contributed by atoms with Crippen LogP contribution >= 0.6 is 11.3 Å². The summed E-state index contributed by atoms with van der Waals surface area (Å²) in [7, 11) is 0. The molecule has 3 rings (SSSR count). The van der Waals surface area contributed by atoms with Crippen LogP contribution in [0.5, 0.6) is 0 Å².